The van der Waals surface area contributed by atoms with Crippen LogP contribution in [0.1, 0.15) is 25.6 Å². The topological polar surface area (TPSA) is 100 Å². The van der Waals surface area contributed by atoms with Crippen LogP contribution in [0, 0.1) is 5.41 Å². The molecule has 2 N–H and O–H groups in total. The molecule has 1 aliphatic rings. The highest BCUT2D eigenvalue weighted by atomic mass is 16.4. The molecule has 0 radical (unpaired) electrons. The number of nitrogens with one attached hydrogen (secondary N) is 1. The van der Waals surface area contributed by atoms with E-state index in [-0.39, 0.29) is 12.6 Å². The van der Waals surface area contributed by atoms with E-state index in [2.05, 4.69) is 15.4 Å². The van der Waals surface area contributed by atoms with E-state index in [0.29, 0.717) is 38.2 Å². The van der Waals surface area contributed by atoms with Gasteiger partial charge in [-0.1, -0.05) is 0 Å². The molecule has 2 rings (SSSR count). The lowest BCUT2D eigenvalue weighted by Crippen LogP contribution is -2.51. The molecular weight excluding hydrogens is 274 g/mol. The summed E-state index contributed by atoms with van der Waals surface area (Å²) in [7, 11) is 1.79. The number of hydrogen-bond donors (Lipinski definition) is 2. The summed E-state index contributed by atoms with van der Waals surface area (Å²) >= 11 is 0. The fraction of sp³-hybridized carbons (Fsp3) is 0.692. The maximum Gasteiger partial charge on any atom is 0.317 e. The first kappa shape index (κ1) is 15.3. The summed E-state index contributed by atoms with van der Waals surface area (Å²) in [4.78, 5) is 29.0. The normalized spacial score (nSPS) is 22.1. The van der Waals surface area contributed by atoms with Gasteiger partial charge in [-0.3, -0.25) is 9.48 Å². The van der Waals surface area contributed by atoms with E-state index in [4.69, 9.17) is 0 Å². The number of aromatic nitrogens is 3. The summed E-state index contributed by atoms with van der Waals surface area (Å²) in [6.07, 6.45) is 3.47. The summed E-state index contributed by atoms with van der Waals surface area (Å²) in [6, 6.07) is -0.224. The summed E-state index contributed by atoms with van der Waals surface area (Å²) in [5, 5.41) is 16.2. The maximum absolute atomic E-state index is 12.1. The molecule has 1 aliphatic heterocycles. The van der Waals surface area contributed by atoms with Gasteiger partial charge in [0.05, 0.1) is 5.41 Å². The lowest BCUT2D eigenvalue weighted by Gasteiger charge is -2.37. The Morgan fingerprint density at radius 3 is 2.90 bits per heavy atom. The first-order valence-electron chi connectivity index (χ1n) is 7.01. The number of carboxylic acid groups (broad SMARTS) is 1. The van der Waals surface area contributed by atoms with Gasteiger partial charge < -0.3 is 15.3 Å². The van der Waals surface area contributed by atoms with Crippen LogP contribution in [0.25, 0.3) is 0 Å². The Morgan fingerprint density at radius 1 is 1.52 bits per heavy atom. The molecule has 0 aromatic carbocycles. The average Bonchev–Trinajstić information content (AvgIpc) is 2.84. The van der Waals surface area contributed by atoms with E-state index < -0.39 is 11.4 Å². The maximum atomic E-state index is 12.1. The molecule has 1 aromatic heterocycles. The number of nitrogens with zero attached hydrogens (tertiary/aromatic N) is 4. The van der Waals surface area contributed by atoms with Crippen molar-refractivity contribution in [2.24, 2.45) is 12.5 Å². The van der Waals surface area contributed by atoms with Crippen molar-refractivity contribution in [1.29, 1.82) is 0 Å². The minimum atomic E-state index is -0.849. The predicted octanol–water partition coefficient (Wildman–Crippen LogP) is 0.254. The van der Waals surface area contributed by atoms with Crippen molar-refractivity contribution in [3.63, 3.8) is 0 Å². The lowest BCUT2D eigenvalue weighted by atomic mass is 9.82. The van der Waals surface area contributed by atoms with Crippen molar-refractivity contribution >= 4 is 12.0 Å². The second kappa shape index (κ2) is 6.11. The molecule has 2 amide bonds. The number of rotatable bonds is 4. The van der Waals surface area contributed by atoms with Crippen LogP contribution in [0.4, 0.5) is 4.79 Å². The van der Waals surface area contributed by atoms with Crippen LogP contribution in [0.15, 0.2) is 6.33 Å². The molecular formula is C13H21N5O3. The third kappa shape index (κ3) is 3.71. The third-order valence-electron chi connectivity index (χ3n) is 3.77. The molecule has 1 aromatic rings. The van der Waals surface area contributed by atoms with Crippen LogP contribution >= 0.6 is 0 Å². The molecule has 2 heterocycles. The van der Waals surface area contributed by atoms with Gasteiger partial charge in [0.1, 0.15) is 6.33 Å². The Balaban J connectivity index is 1.81. The van der Waals surface area contributed by atoms with Crippen LogP contribution in [0.5, 0.6) is 0 Å². The molecule has 1 unspecified atom stereocenters. The first-order valence-corrected chi connectivity index (χ1v) is 7.01. The quantitative estimate of drug-likeness (QED) is 0.829. The van der Waals surface area contributed by atoms with Crippen LogP contribution < -0.4 is 5.32 Å². The van der Waals surface area contributed by atoms with Gasteiger partial charge in [0.25, 0.3) is 0 Å². The molecule has 0 bridgehead atoms. The molecule has 1 fully saturated rings. The van der Waals surface area contributed by atoms with Crippen molar-refractivity contribution in [2.75, 3.05) is 19.6 Å². The molecule has 21 heavy (non-hydrogen) atoms. The van der Waals surface area contributed by atoms with Crippen LogP contribution in [0.3, 0.4) is 0 Å². The van der Waals surface area contributed by atoms with Gasteiger partial charge in [-0.05, 0) is 19.8 Å². The van der Waals surface area contributed by atoms with Gasteiger partial charge in [-0.2, -0.15) is 5.10 Å². The minimum Gasteiger partial charge on any atom is -0.481 e. The number of aryl methyl sites for hydroxylation is 1. The molecule has 1 atom stereocenters. The minimum absolute atomic E-state index is 0.224. The fourth-order valence-electron chi connectivity index (χ4n) is 2.48. The van der Waals surface area contributed by atoms with Crippen LogP contribution in [-0.4, -0.2) is 56.4 Å². The molecule has 1 saturated heterocycles. The highest BCUT2D eigenvalue weighted by Crippen LogP contribution is 2.29. The van der Waals surface area contributed by atoms with E-state index in [0.717, 1.165) is 0 Å². The van der Waals surface area contributed by atoms with Crippen LogP contribution in [0.2, 0.25) is 0 Å². The summed E-state index contributed by atoms with van der Waals surface area (Å²) in [5.74, 6) is -0.176. The number of hydrogen-bond acceptors (Lipinski definition) is 4. The van der Waals surface area contributed by atoms with Gasteiger partial charge in [0.15, 0.2) is 5.82 Å². The largest absolute Gasteiger partial charge is 0.481 e. The summed E-state index contributed by atoms with van der Waals surface area (Å²) in [5.41, 5.74) is -0.849. The average molecular weight is 295 g/mol. The number of piperidine rings is 1. The number of urea groups is 1. The van der Waals surface area contributed by atoms with Crippen molar-refractivity contribution < 1.29 is 14.7 Å². The van der Waals surface area contributed by atoms with Gasteiger partial charge in [0.2, 0.25) is 0 Å². The van der Waals surface area contributed by atoms with E-state index in [1.165, 1.54) is 0 Å². The Kier molecular flexibility index (Phi) is 4.44. The molecule has 0 aliphatic carbocycles. The van der Waals surface area contributed by atoms with E-state index in [1.54, 1.807) is 29.9 Å². The molecule has 8 nitrogen and oxygen atoms in total. The Bertz CT molecular complexity index is 530. The Morgan fingerprint density at radius 2 is 2.29 bits per heavy atom. The van der Waals surface area contributed by atoms with Crippen molar-refractivity contribution in [1.82, 2.24) is 25.0 Å². The van der Waals surface area contributed by atoms with Gasteiger partial charge in [0, 0.05) is 33.1 Å². The standard InChI is InChI=1S/C13H21N5O3/c1-13(11(19)20)5-3-7-18(8-13)12(21)14-6-4-10-15-9-17(2)16-10/h9H,3-8H2,1-2H3,(H,14,21)(H,19,20). The smallest absolute Gasteiger partial charge is 0.317 e. The zero-order valence-corrected chi connectivity index (χ0v) is 12.4. The third-order valence-corrected chi connectivity index (χ3v) is 3.77. The van der Waals surface area contributed by atoms with Crippen LogP contribution in [-0.2, 0) is 18.3 Å². The lowest BCUT2D eigenvalue weighted by molar-refractivity contribution is -0.150. The monoisotopic (exact) mass is 295 g/mol. The number of carbonyl (C=O) groups excluding carboxylic acids is 1. The molecule has 8 heteroatoms. The SMILES string of the molecule is Cn1cnc(CCNC(=O)N2CCCC(C)(C(=O)O)C2)n1. The van der Waals surface area contributed by atoms with Crippen molar-refractivity contribution in [3.8, 4) is 0 Å². The fourth-order valence-corrected chi connectivity index (χ4v) is 2.48. The van der Waals surface area contributed by atoms with E-state index >= 15 is 0 Å². The zero-order valence-electron chi connectivity index (χ0n) is 12.4. The Hall–Kier alpha value is -2.12. The van der Waals surface area contributed by atoms with Crippen molar-refractivity contribution in [3.05, 3.63) is 12.2 Å². The number of carbonyl (C=O) groups is 2. The predicted molar refractivity (Wildman–Crippen MR) is 74.7 cm³/mol. The van der Waals surface area contributed by atoms with E-state index in [1.807, 2.05) is 0 Å². The highest BCUT2D eigenvalue weighted by molar-refractivity contribution is 5.78. The van der Waals surface area contributed by atoms with Gasteiger partial charge in [-0.25, -0.2) is 9.78 Å². The summed E-state index contributed by atoms with van der Waals surface area (Å²) in [6.45, 7) is 2.96. The van der Waals surface area contributed by atoms with Gasteiger partial charge >= 0.3 is 12.0 Å². The van der Waals surface area contributed by atoms with Crippen molar-refractivity contribution in [2.45, 2.75) is 26.2 Å². The van der Waals surface area contributed by atoms with Gasteiger partial charge in [-0.15, -0.1) is 0 Å². The Labute approximate surface area is 123 Å². The molecule has 0 spiro atoms. The molecule has 116 valence electrons. The second-order valence-electron chi connectivity index (χ2n) is 5.71. The number of carboxylic acids is 1. The second-order valence-corrected chi connectivity index (χ2v) is 5.71. The zero-order chi connectivity index (χ0) is 15.5. The first-order chi connectivity index (χ1) is 9.90. The summed E-state index contributed by atoms with van der Waals surface area (Å²) < 4.78 is 1.61. The highest BCUT2D eigenvalue weighted by Gasteiger charge is 2.39. The number of amides is 2. The molecule has 0 saturated carbocycles. The van der Waals surface area contributed by atoms with E-state index in [9.17, 15) is 14.7 Å². The number of likely N-dealkylation sites (tertiary alicyclic amines) is 1. The number of aliphatic carboxylic acids is 1.